The fraction of sp³-hybridized carbons (Fsp3) is 0.389. The van der Waals surface area contributed by atoms with E-state index in [2.05, 4.69) is 11.4 Å². The number of fused-ring (bicyclic) bond motifs is 1. The Hall–Kier alpha value is -1.74. The lowest BCUT2D eigenvalue weighted by atomic mass is 10.1. The molecule has 0 unspecified atom stereocenters. The van der Waals surface area contributed by atoms with Crippen molar-refractivity contribution in [1.82, 2.24) is 9.21 Å². The van der Waals surface area contributed by atoms with Crippen molar-refractivity contribution in [2.24, 2.45) is 0 Å². The Morgan fingerprint density at radius 3 is 2.50 bits per heavy atom. The van der Waals surface area contributed by atoms with Crippen LogP contribution in [0.1, 0.15) is 20.8 Å². The van der Waals surface area contributed by atoms with Gasteiger partial charge in [0.15, 0.2) is 0 Å². The molecule has 1 fully saturated rings. The summed E-state index contributed by atoms with van der Waals surface area (Å²) in [5.41, 5.74) is 1.73. The first-order chi connectivity index (χ1) is 12.6. The molecule has 2 aliphatic rings. The molecule has 1 aromatic heterocycles. The number of sulfonamides is 1. The number of ether oxygens (including phenoxy) is 1. The third kappa shape index (κ3) is 3.29. The summed E-state index contributed by atoms with van der Waals surface area (Å²) < 4.78 is 31.9. The van der Waals surface area contributed by atoms with Gasteiger partial charge in [-0.05, 0) is 47.7 Å². The first-order valence-electron chi connectivity index (χ1n) is 8.58. The van der Waals surface area contributed by atoms with E-state index in [1.54, 1.807) is 23.5 Å². The number of hydrogen-bond acceptors (Lipinski definition) is 5. The second-order valence-electron chi connectivity index (χ2n) is 6.39. The minimum atomic E-state index is -3.53. The third-order valence-corrected chi connectivity index (χ3v) is 7.74. The maximum absolute atomic E-state index is 12.7. The summed E-state index contributed by atoms with van der Waals surface area (Å²) in [5, 5.41) is 2.06. The van der Waals surface area contributed by atoms with E-state index in [0.717, 1.165) is 6.42 Å². The minimum Gasteiger partial charge on any atom is -0.379 e. The largest absolute Gasteiger partial charge is 0.379 e. The zero-order chi connectivity index (χ0) is 18.1. The number of carbonyl (C=O) groups excluding carboxylic acids is 1. The molecule has 1 aromatic carbocycles. The number of hydrogen-bond donors (Lipinski definition) is 0. The van der Waals surface area contributed by atoms with Crippen molar-refractivity contribution in [3.8, 4) is 0 Å². The molecular weight excluding hydrogens is 372 g/mol. The molecule has 8 heteroatoms. The van der Waals surface area contributed by atoms with Gasteiger partial charge in [0.1, 0.15) is 0 Å². The van der Waals surface area contributed by atoms with Gasteiger partial charge in [-0.25, -0.2) is 8.42 Å². The van der Waals surface area contributed by atoms with Gasteiger partial charge in [-0.3, -0.25) is 4.79 Å². The highest BCUT2D eigenvalue weighted by atomic mass is 32.2. The fourth-order valence-electron chi connectivity index (χ4n) is 3.31. The lowest BCUT2D eigenvalue weighted by molar-refractivity contribution is 0.0730. The van der Waals surface area contributed by atoms with E-state index in [0.29, 0.717) is 45.0 Å². The summed E-state index contributed by atoms with van der Waals surface area (Å²) >= 11 is 1.73. The van der Waals surface area contributed by atoms with Crippen LogP contribution in [-0.4, -0.2) is 56.4 Å². The van der Waals surface area contributed by atoms with E-state index >= 15 is 0 Å². The highest BCUT2D eigenvalue weighted by Crippen LogP contribution is 2.25. The molecule has 0 atom stereocenters. The van der Waals surface area contributed by atoms with Gasteiger partial charge in [0, 0.05) is 36.6 Å². The van der Waals surface area contributed by atoms with Crippen LogP contribution in [0.3, 0.4) is 0 Å². The van der Waals surface area contributed by atoms with Gasteiger partial charge >= 0.3 is 0 Å². The number of amides is 1. The van der Waals surface area contributed by atoms with Crippen molar-refractivity contribution in [2.75, 3.05) is 32.8 Å². The Kier molecular flexibility index (Phi) is 4.83. The average molecular weight is 393 g/mol. The molecule has 0 saturated carbocycles. The molecule has 0 N–H and O–H groups in total. The van der Waals surface area contributed by atoms with Crippen LogP contribution in [0.2, 0.25) is 0 Å². The summed E-state index contributed by atoms with van der Waals surface area (Å²) in [6.45, 7) is 2.86. The predicted molar refractivity (Wildman–Crippen MR) is 98.8 cm³/mol. The topological polar surface area (TPSA) is 66.9 Å². The van der Waals surface area contributed by atoms with Crippen LogP contribution >= 0.6 is 11.3 Å². The van der Waals surface area contributed by atoms with Crippen molar-refractivity contribution in [2.45, 2.75) is 17.9 Å². The number of carbonyl (C=O) groups is 1. The van der Waals surface area contributed by atoms with Gasteiger partial charge in [0.25, 0.3) is 5.91 Å². The number of nitrogens with zero attached hydrogens (tertiary/aromatic N) is 2. The van der Waals surface area contributed by atoms with Gasteiger partial charge in [-0.1, -0.05) is 0 Å². The highest BCUT2D eigenvalue weighted by Gasteiger charge is 2.27. The second-order valence-corrected chi connectivity index (χ2v) is 9.33. The maximum atomic E-state index is 12.7. The number of benzene rings is 1. The second kappa shape index (κ2) is 7.11. The molecule has 1 amide bonds. The molecule has 0 spiro atoms. The van der Waals surface area contributed by atoms with Gasteiger partial charge in [-0.15, -0.1) is 11.3 Å². The normalized spacial score (nSPS) is 18.5. The zero-order valence-electron chi connectivity index (χ0n) is 14.3. The van der Waals surface area contributed by atoms with Crippen LogP contribution in [0.15, 0.2) is 40.6 Å². The Balaban J connectivity index is 1.50. The Morgan fingerprint density at radius 1 is 1.04 bits per heavy atom. The predicted octanol–water partition coefficient (Wildman–Crippen LogP) is 1.97. The maximum Gasteiger partial charge on any atom is 0.254 e. The SMILES string of the molecule is O=C(c1ccc(S(=O)(=O)N2CCOCC2)cc1)N1CCc2sccc2C1. The van der Waals surface area contributed by atoms with Crippen LogP contribution < -0.4 is 0 Å². The number of morpholine rings is 1. The number of thiophene rings is 1. The van der Waals surface area contributed by atoms with Crippen molar-refractivity contribution in [1.29, 1.82) is 0 Å². The van der Waals surface area contributed by atoms with Crippen molar-refractivity contribution >= 4 is 27.3 Å². The molecule has 0 radical (unpaired) electrons. The molecule has 2 aliphatic heterocycles. The first kappa shape index (κ1) is 17.7. The van der Waals surface area contributed by atoms with E-state index < -0.39 is 10.0 Å². The van der Waals surface area contributed by atoms with Crippen molar-refractivity contribution in [3.63, 3.8) is 0 Å². The molecule has 1 saturated heterocycles. The van der Waals surface area contributed by atoms with Crippen LogP contribution in [0.4, 0.5) is 0 Å². The molecule has 2 aromatic rings. The quantitative estimate of drug-likeness (QED) is 0.801. The smallest absolute Gasteiger partial charge is 0.254 e. The van der Waals surface area contributed by atoms with Crippen LogP contribution in [-0.2, 0) is 27.7 Å². The molecule has 6 nitrogen and oxygen atoms in total. The van der Waals surface area contributed by atoms with Gasteiger partial charge in [-0.2, -0.15) is 4.31 Å². The molecule has 3 heterocycles. The molecule has 0 bridgehead atoms. The van der Waals surface area contributed by atoms with Gasteiger partial charge in [0.05, 0.1) is 18.1 Å². The average Bonchev–Trinajstić information content (AvgIpc) is 3.16. The van der Waals surface area contributed by atoms with Gasteiger partial charge in [0.2, 0.25) is 10.0 Å². The van der Waals surface area contributed by atoms with Crippen LogP contribution in [0.5, 0.6) is 0 Å². The van der Waals surface area contributed by atoms with E-state index in [-0.39, 0.29) is 10.8 Å². The number of rotatable bonds is 3. The first-order valence-corrected chi connectivity index (χ1v) is 10.9. The Bertz CT molecular complexity index is 900. The Labute approximate surface area is 157 Å². The summed E-state index contributed by atoms with van der Waals surface area (Å²) in [6, 6.07) is 8.34. The summed E-state index contributed by atoms with van der Waals surface area (Å²) in [7, 11) is -3.53. The van der Waals surface area contributed by atoms with Gasteiger partial charge < -0.3 is 9.64 Å². The van der Waals surface area contributed by atoms with E-state index in [4.69, 9.17) is 4.74 Å². The van der Waals surface area contributed by atoms with Crippen LogP contribution in [0, 0.1) is 0 Å². The highest BCUT2D eigenvalue weighted by molar-refractivity contribution is 7.89. The van der Waals surface area contributed by atoms with Crippen molar-refractivity contribution < 1.29 is 17.9 Å². The monoisotopic (exact) mass is 392 g/mol. The molecular formula is C18H20N2O4S2. The van der Waals surface area contributed by atoms with E-state index in [1.807, 2.05) is 4.90 Å². The van der Waals surface area contributed by atoms with E-state index in [9.17, 15) is 13.2 Å². The fourth-order valence-corrected chi connectivity index (χ4v) is 5.61. The zero-order valence-corrected chi connectivity index (χ0v) is 15.9. The summed E-state index contributed by atoms with van der Waals surface area (Å²) in [6.07, 6.45) is 0.877. The summed E-state index contributed by atoms with van der Waals surface area (Å²) in [4.78, 5) is 16.1. The van der Waals surface area contributed by atoms with E-state index in [1.165, 1.54) is 26.9 Å². The summed E-state index contributed by atoms with van der Waals surface area (Å²) in [5.74, 6) is -0.0582. The minimum absolute atomic E-state index is 0.0582. The molecule has 0 aliphatic carbocycles. The molecule has 4 rings (SSSR count). The third-order valence-electron chi connectivity index (χ3n) is 4.80. The lowest BCUT2D eigenvalue weighted by Gasteiger charge is -2.27. The van der Waals surface area contributed by atoms with Crippen molar-refractivity contribution in [3.05, 3.63) is 51.7 Å². The Morgan fingerprint density at radius 2 is 1.77 bits per heavy atom. The lowest BCUT2D eigenvalue weighted by Crippen LogP contribution is -2.40. The van der Waals surface area contributed by atoms with Crippen LogP contribution in [0.25, 0.3) is 0 Å². The molecule has 138 valence electrons. The standard InChI is InChI=1S/C18H20N2O4S2/c21-18(19-7-5-17-15(13-19)6-12-25-17)14-1-3-16(4-2-14)26(22,23)20-8-10-24-11-9-20/h1-4,6,12H,5,7-11,13H2. The molecule has 26 heavy (non-hydrogen) atoms.